The maximum atomic E-state index is 13.0. The van der Waals surface area contributed by atoms with Gasteiger partial charge in [-0.2, -0.15) is 0 Å². The topological polar surface area (TPSA) is 58.6 Å². The summed E-state index contributed by atoms with van der Waals surface area (Å²) in [5.41, 5.74) is 2.37. The zero-order valence-corrected chi connectivity index (χ0v) is 16.1. The Bertz CT molecular complexity index is 815. The van der Waals surface area contributed by atoms with Gasteiger partial charge in [0.15, 0.2) is 0 Å². The lowest BCUT2D eigenvalue weighted by Crippen LogP contribution is -2.45. The molecule has 0 spiro atoms. The third kappa shape index (κ3) is 4.30. The van der Waals surface area contributed by atoms with Gasteiger partial charge in [0.2, 0.25) is 5.91 Å². The SMILES string of the molecule is CCOc1ccc(NC(=O)[C@@H](CC(C)C)N2Cc3ccccc3C2=O)cc1. The Labute approximate surface area is 160 Å². The molecule has 142 valence electrons. The molecule has 0 aliphatic carbocycles. The number of fused-ring (bicyclic) bond motifs is 1. The highest BCUT2D eigenvalue weighted by Gasteiger charge is 2.36. The molecule has 0 radical (unpaired) electrons. The van der Waals surface area contributed by atoms with E-state index < -0.39 is 6.04 Å². The molecule has 0 fully saturated rings. The Hall–Kier alpha value is -2.82. The highest BCUT2D eigenvalue weighted by atomic mass is 16.5. The third-order valence-corrected chi connectivity index (χ3v) is 4.66. The average molecular weight is 366 g/mol. The van der Waals surface area contributed by atoms with Gasteiger partial charge in [-0.15, -0.1) is 0 Å². The molecule has 0 unspecified atom stereocenters. The molecule has 5 heteroatoms. The molecule has 2 aromatic carbocycles. The fourth-order valence-electron chi connectivity index (χ4n) is 3.38. The number of carbonyl (C=O) groups excluding carboxylic acids is 2. The van der Waals surface area contributed by atoms with Gasteiger partial charge in [-0.3, -0.25) is 9.59 Å². The smallest absolute Gasteiger partial charge is 0.255 e. The number of amides is 2. The summed E-state index contributed by atoms with van der Waals surface area (Å²) in [7, 11) is 0. The van der Waals surface area contributed by atoms with Crippen LogP contribution >= 0.6 is 0 Å². The summed E-state index contributed by atoms with van der Waals surface area (Å²) in [5.74, 6) is 0.823. The van der Waals surface area contributed by atoms with E-state index in [9.17, 15) is 9.59 Å². The highest BCUT2D eigenvalue weighted by molar-refractivity contribution is 6.03. The normalized spacial score (nSPS) is 14.2. The van der Waals surface area contributed by atoms with Crippen molar-refractivity contribution < 1.29 is 14.3 Å². The molecule has 0 aromatic heterocycles. The molecular formula is C22H26N2O3. The van der Waals surface area contributed by atoms with E-state index in [-0.39, 0.29) is 17.7 Å². The standard InChI is InChI=1S/C22H26N2O3/c1-4-27-18-11-9-17(10-12-18)23-21(25)20(13-15(2)3)24-14-16-7-5-6-8-19(16)22(24)26/h5-12,15,20H,4,13-14H2,1-3H3,(H,23,25)/t20-/m1/s1. The lowest BCUT2D eigenvalue weighted by molar-refractivity contribution is -0.121. The summed E-state index contributed by atoms with van der Waals surface area (Å²) in [6, 6.07) is 14.3. The second-order valence-corrected chi connectivity index (χ2v) is 7.18. The Kier molecular flexibility index (Phi) is 5.79. The van der Waals surface area contributed by atoms with Crippen LogP contribution < -0.4 is 10.1 Å². The second kappa shape index (κ2) is 8.25. The minimum atomic E-state index is -0.503. The summed E-state index contributed by atoms with van der Waals surface area (Å²) >= 11 is 0. The molecule has 2 aromatic rings. The van der Waals surface area contributed by atoms with Crippen molar-refractivity contribution >= 4 is 17.5 Å². The van der Waals surface area contributed by atoms with Gasteiger partial charge in [0.25, 0.3) is 5.91 Å². The number of anilines is 1. The van der Waals surface area contributed by atoms with E-state index in [4.69, 9.17) is 4.74 Å². The number of hydrogen-bond acceptors (Lipinski definition) is 3. The Morgan fingerprint density at radius 2 is 1.85 bits per heavy atom. The Morgan fingerprint density at radius 1 is 1.15 bits per heavy atom. The maximum Gasteiger partial charge on any atom is 0.255 e. The molecule has 3 rings (SSSR count). The van der Waals surface area contributed by atoms with Crippen LogP contribution in [-0.2, 0) is 11.3 Å². The number of nitrogens with one attached hydrogen (secondary N) is 1. The zero-order valence-electron chi connectivity index (χ0n) is 16.1. The van der Waals surface area contributed by atoms with E-state index in [1.807, 2.05) is 55.5 Å². The highest BCUT2D eigenvalue weighted by Crippen LogP contribution is 2.27. The summed E-state index contributed by atoms with van der Waals surface area (Å²) in [6.07, 6.45) is 0.614. The van der Waals surface area contributed by atoms with Gasteiger partial charge in [0.1, 0.15) is 11.8 Å². The van der Waals surface area contributed by atoms with Crippen LogP contribution in [0.25, 0.3) is 0 Å². The van der Waals surface area contributed by atoms with Gasteiger partial charge >= 0.3 is 0 Å². The molecule has 1 aliphatic heterocycles. The maximum absolute atomic E-state index is 13.0. The van der Waals surface area contributed by atoms with Crippen LogP contribution in [0.15, 0.2) is 48.5 Å². The first-order valence-corrected chi connectivity index (χ1v) is 9.42. The molecule has 1 aliphatic rings. The molecule has 2 amide bonds. The monoisotopic (exact) mass is 366 g/mol. The second-order valence-electron chi connectivity index (χ2n) is 7.18. The van der Waals surface area contributed by atoms with Crippen LogP contribution in [0.3, 0.4) is 0 Å². The zero-order chi connectivity index (χ0) is 19.4. The predicted octanol–water partition coefficient (Wildman–Crippen LogP) is 4.09. The first kappa shape index (κ1) is 19.0. The van der Waals surface area contributed by atoms with Crippen LogP contribution in [0, 0.1) is 5.92 Å². The molecule has 1 atom stereocenters. The predicted molar refractivity (Wildman–Crippen MR) is 106 cm³/mol. The van der Waals surface area contributed by atoms with E-state index in [1.165, 1.54) is 0 Å². The molecule has 0 bridgehead atoms. The van der Waals surface area contributed by atoms with E-state index in [1.54, 1.807) is 4.90 Å². The molecule has 0 saturated carbocycles. The number of ether oxygens (including phenoxy) is 1. The van der Waals surface area contributed by atoms with Crippen LogP contribution in [0.4, 0.5) is 5.69 Å². The lowest BCUT2D eigenvalue weighted by Gasteiger charge is -2.28. The first-order valence-electron chi connectivity index (χ1n) is 9.42. The summed E-state index contributed by atoms with van der Waals surface area (Å²) in [4.78, 5) is 27.5. The van der Waals surface area contributed by atoms with E-state index in [0.717, 1.165) is 11.3 Å². The van der Waals surface area contributed by atoms with Gasteiger partial charge in [0.05, 0.1) is 6.61 Å². The van der Waals surface area contributed by atoms with Crippen molar-refractivity contribution in [3.8, 4) is 5.75 Å². The van der Waals surface area contributed by atoms with Gasteiger partial charge in [-0.1, -0.05) is 32.0 Å². The minimum absolute atomic E-state index is 0.0712. The van der Waals surface area contributed by atoms with Crippen molar-refractivity contribution in [1.82, 2.24) is 4.90 Å². The van der Waals surface area contributed by atoms with Crippen LogP contribution in [0.2, 0.25) is 0 Å². The van der Waals surface area contributed by atoms with Gasteiger partial charge < -0.3 is 15.0 Å². The quantitative estimate of drug-likeness (QED) is 0.803. The molecular weight excluding hydrogens is 340 g/mol. The average Bonchev–Trinajstić information content (AvgIpc) is 2.98. The van der Waals surface area contributed by atoms with Crippen molar-refractivity contribution in [2.45, 2.75) is 39.8 Å². The Balaban J connectivity index is 1.76. The van der Waals surface area contributed by atoms with E-state index in [0.29, 0.717) is 30.8 Å². The van der Waals surface area contributed by atoms with Crippen molar-refractivity contribution in [1.29, 1.82) is 0 Å². The largest absolute Gasteiger partial charge is 0.494 e. The molecule has 1 N–H and O–H groups in total. The number of nitrogens with zero attached hydrogens (tertiary/aromatic N) is 1. The summed E-state index contributed by atoms with van der Waals surface area (Å²) < 4.78 is 5.43. The number of benzene rings is 2. The van der Waals surface area contributed by atoms with E-state index >= 15 is 0 Å². The van der Waals surface area contributed by atoms with Gasteiger partial charge in [-0.05, 0) is 55.2 Å². The number of carbonyl (C=O) groups is 2. The van der Waals surface area contributed by atoms with Crippen LogP contribution in [0.1, 0.15) is 43.1 Å². The molecule has 1 heterocycles. The van der Waals surface area contributed by atoms with Crippen molar-refractivity contribution in [2.75, 3.05) is 11.9 Å². The minimum Gasteiger partial charge on any atom is -0.494 e. The molecule has 27 heavy (non-hydrogen) atoms. The molecule has 0 saturated heterocycles. The summed E-state index contributed by atoms with van der Waals surface area (Å²) in [6.45, 7) is 7.12. The lowest BCUT2D eigenvalue weighted by atomic mass is 10.0. The number of rotatable bonds is 7. The van der Waals surface area contributed by atoms with Gasteiger partial charge in [0, 0.05) is 17.8 Å². The third-order valence-electron chi connectivity index (χ3n) is 4.66. The molecule has 5 nitrogen and oxygen atoms in total. The van der Waals surface area contributed by atoms with Crippen molar-refractivity contribution in [3.05, 3.63) is 59.7 Å². The number of hydrogen-bond donors (Lipinski definition) is 1. The van der Waals surface area contributed by atoms with Crippen LogP contribution in [-0.4, -0.2) is 29.4 Å². The fourth-order valence-corrected chi connectivity index (χ4v) is 3.38. The Morgan fingerprint density at radius 3 is 2.48 bits per heavy atom. The summed E-state index contributed by atoms with van der Waals surface area (Å²) in [5, 5.41) is 2.95. The van der Waals surface area contributed by atoms with Gasteiger partial charge in [-0.25, -0.2) is 0 Å². The van der Waals surface area contributed by atoms with Crippen molar-refractivity contribution in [3.63, 3.8) is 0 Å². The van der Waals surface area contributed by atoms with Crippen molar-refractivity contribution in [2.24, 2.45) is 5.92 Å². The van der Waals surface area contributed by atoms with E-state index in [2.05, 4.69) is 19.2 Å². The first-order chi connectivity index (χ1) is 13.0. The fraction of sp³-hybridized carbons (Fsp3) is 0.364. The van der Waals surface area contributed by atoms with Crippen LogP contribution in [0.5, 0.6) is 5.75 Å².